The van der Waals surface area contributed by atoms with Crippen molar-refractivity contribution in [3.8, 4) is 10.8 Å². The number of thioether (sulfide) groups is 1. The van der Waals surface area contributed by atoms with Crippen molar-refractivity contribution in [1.82, 2.24) is 20.2 Å². The fourth-order valence-corrected chi connectivity index (χ4v) is 2.58. The third-order valence-corrected chi connectivity index (χ3v) is 3.78. The van der Waals surface area contributed by atoms with E-state index in [1.807, 2.05) is 17.5 Å². The van der Waals surface area contributed by atoms with Crippen molar-refractivity contribution >= 4 is 23.1 Å². The van der Waals surface area contributed by atoms with Crippen LogP contribution < -0.4 is 0 Å². The Hall–Kier alpha value is -1.73. The second-order valence-corrected chi connectivity index (χ2v) is 5.19. The molecule has 0 aromatic carbocycles. The van der Waals surface area contributed by atoms with E-state index in [1.165, 1.54) is 11.8 Å². The van der Waals surface area contributed by atoms with Crippen molar-refractivity contribution < 1.29 is 4.42 Å². The fourth-order valence-electron chi connectivity index (χ4n) is 1.30. The molecule has 0 spiro atoms. The summed E-state index contributed by atoms with van der Waals surface area (Å²) in [5, 5.41) is 10.7. The molecule has 90 valence electrons. The highest BCUT2D eigenvalue weighted by atomic mass is 32.2. The Kier molecular flexibility index (Phi) is 3.33. The first kappa shape index (κ1) is 11.4. The van der Waals surface area contributed by atoms with Gasteiger partial charge in [0.25, 0.3) is 5.89 Å². The SMILES string of the molecule is c1cnc(SCc2nnc(-c3cccs3)o2)nc1. The van der Waals surface area contributed by atoms with Crippen LogP contribution in [0.4, 0.5) is 0 Å². The molecule has 0 saturated carbocycles. The van der Waals surface area contributed by atoms with Crippen molar-refractivity contribution in [2.45, 2.75) is 10.9 Å². The van der Waals surface area contributed by atoms with Crippen LogP contribution >= 0.6 is 23.1 Å². The van der Waals surface area contributed by atoms with E-state index >= 15 is 0 Å². The van der Waals surface area contributed by atoms with Crippen LogP contribution in [0.1, 0.15) is 5.89 Å². The van der Waals surface area contributed by atoms with E-state index in [2.05, 4.69) is 20.2 Å². The van der Waals surface area contributed by atoms with Gasteiger partial charge in [-0.15, -0.1) is 21.5 Å². The zero-order valence-electron chi connectivity index (χ0n) is 9.18. The van der Waals surface area contributed by atoms with Gasteiger partial charge in [-0.1, -0.05) is 17.8 Å². The minimum absolute atomic E-state index is 0.564. The molecule has 0 saturated heterocycles. The average Bonchev–Trinajstić information content (AvgIpc) is 3.08. The summed E-state index contributed by atoms with van der Waals surface area (Å²) >= 11 is 3.05. The summed E-state index contributed by atoms with van der Waals surface area (Å²) in [6.07, 6.45) is 3.42. The molecule has 0 unspecified atom stereocenters. The first-order chi connectivity index (χ1) is 8.92. The van der Waals surface area contributed by atoms with Gasteiger partial charge in [0, 0.05) is 12.4 Å². The van der Waals surface area contributed by atoms with Gasteiger partial charge in [0.05, 0.1) is 10.6 Å². The fraction of sp³-hybridized carbons (Fsp3) is 0.0909. The largest absolute Gasteiger partial charge is 0.419 e. The number of rotatable bonds is 4. The van der Waals surface area contributed by atoms with Crippen molar-refractivity contribution in [2.24, 2.45) is 0 Å². The molecule has 3 heterocycles. The molecule has 0 amide bonds. The lowest BCUT2D eigenvalue weighted by molar-refractivity contribution is 0.529. The number of aromatic nitrogens is 4. The highest BCUT2D eigenvalue weighted by molar-refractivity contribution is 7.98. The van der Waals surface area contributed by atoms with Gasteiger partial charge in [0.15, 0.2) is 5.16 Å². The second kappa shape index (κ2) is 5.28. The highest BCUT2D eigenvalue weighted by Crippen LogP contribution is 2.25. The second-order valence-electron chi connectivity index (χ2n) is 3.30. The van der Waals surface area contributed by atoms with Gasteiger partial charge >= 0.3 is 0 Å². The van der Waals surface area contributed by atoms with Crippen LogP contribution in [0.2, 0.25) is 0 Å². The topological polar surface area (TPSA) is 64.7 Å². The zero-order valence-corrected chi connectivity index (χ0v) is 10.8. The van der Waals surface area contributed by atoms with Gasteiger partial charge in [0.1, 0.15) is 0 Å². The predicted molar refractivity (Wildman–Crippen MR) is 69.2 cm³/mol. The van der Waals surface area contributed by atoms with E-state index in [4.69, 9.17) is 4.42 Å². The third-order valence-electron chi connectivity index (χ3n) is 2.07. The van der Waals surface area contributed by atoms with Gasteiger partial charge in [-0.25, -0.2) is 9.97 Å². The summed E-state index contributed by atoms with van der Waals surface area (Å²) < 4.78 is 5.56. The van der Waals surface area contributed by atoms with E-state index in [0.717, 1.165) is 4.88 Å². The van der Waals surface area contributed by atoms with Crippen LogP contribution in [0.25, 0.3) is 10.8 Å². The minimum atomic E-state index is 0.564. The molecule has 0 atom stereocenters. The zero-order chi connectivity index (χ0) is 12.2. The molecule has 0 aliphatic carbocycles. The number of nitrogens with zero attached hydrogens (tertiary/aromatic N) is 4. The van der Waals surface area contributed by atoms with E-state index in [0.29, 0.717) is 22.7 Å². The molecule has 7 heteroatoms. The smallest absolute Gasteiger partial charge is 0.257 e. The van der Waals surface area contributed by atoms with Crippen LogP contribution in [-0.2, 0) is 5.75 Å². The van der Waals surface area contributed by atoms with Gasteiger partial charge in [-0.2, -0.15) is 0 Å². The third kappa shape index (κ3) is 2.57. The van der Waals surface area contributed by atoms with Crippen LogP contribution in [0, 0.1) is 0 Å². The summed E-state index contributed by atoms with van der Waals surface area (Å²) in [4.78, 5) is 9.21. The summed E-state index contributed by atoms with van der Waals surface area (Å²) in [6.45, 7) is 0. The standard InChI is InChI=1S/C11H8N4OS2/c1-3-8(17-6-1)10-15-14-9(16-10)7-18-11-12-4-2-5-13-11/h1-6H,7H2. The maximum atomic E-state index is 5.56. The Bertz CT molecular complexity index is 609. The van der Waals surface area contributed by atoms with E-state index in [-0.39, 0.29) is 0 Å². The van der Waals surface area contributed by atoms with Crippen LogP contribution in [-0.4, -0.2) is 20.2 Å². The van der Waals surface area contributed by atoms with Crippen molar-refractivity contribution in [3.63, 3.8) is 0 Å². The monoisotopic (exact) mass is 276 g/mol. The molecule has 18 heavy (non-hydrogen) atoms. The van der Waals surface area contributed by atoms with Crippen molar-refractivity contribution in [1.29, 1.82) is 0 Å². The lowest BCUT2D eigenvalue weighted by atomic mass is 10.5. The van der Waals surface area contributed by atoms with Gasteiger partial charge in [-0.3, -0.25) is 0 Å². The molecule has 0 N–H and O–H groups in total. The summed E-state index contributed by atoms with van der Waals surface area (Å²) in [5.74, 6) is 1.72. The van der Waals surface area contributed by atoms with Gasteiger partial charge < -0.3 is 4.42 Å². The highest BCUT2D eigenvalue weighted by Gasteiger charge is 2.09. The molecule has 3 aromatic rings. The molecule has 0 aliphatic rings. The Morgan fingerprint density at radius 1 is 1.17 bits per heavy atom. The van der Waals surface area contributed by atoms with Crippen LogP contribution in [0.15, 0.2) is 45.5 Å². The summed E-state index contributed by atoms with van der Waals surface area (Å²) in [5.41, 5.74) is 0. The Balaban J connectivity index is 1.68. The molecular weight excluding hydrogens is 268 g/mol. The molecule has 3 rings (SSSR count). The van der Waals surface area contributed by atoms with E-state index in [9.17, 15) is 0 Å². The van der Waals surface area contributed by atoms with Gasteiger partial charge in [0.2, 0.25) is 5.89 Å². The van der Waals surface area contributed by atoms with Gasteiger partial charge in [-0.05, 0) is 17.5 Å². The molecule has 3 aromatic heterocycles. The molecule has 0 aliphatic heterocycles. The summed E-state index contributed by atoms with van der Waals surface area (Å²) in [6, 6.07) is 5.69. The van der Waals surface area contributed by atoms with Crippen molar-refractivity contribution in [2.75, 3.05) is 0 Å². The first-order valence-corrected chi connectivity index (χ1v) is 7.04. The number of hydrogen-bond donors (Lipinski definition) is 0. The number of hydrogen-bond acceptors (Lipinski definition) is 7. The minimum Gasteiger partial charge on any atom is -0.419 e. The first-order valence-electron chi connectivity index (χ1n) is 5.18. The lowest BCUT2D eigenvalue weighted by Gasteiger charge is -1.94. The molecule has 0 radical (unpaired) electrons. The van der Waals surface area contributed by atoms with E-state index < -0.39 is 0 Å². The van der Waals surface area contributed by atoms with Crippen LogP contribution in [0.5, 0.6) is 0 Å². The molecule has 0 fully saturated rings. The Labute approximate surface area is 111 Å². The number of thiophene rings is 1. The molecule has 5 nitrogen and oxygen atoms in total. The predicted octanol–water partition coefficient (Wildman–Crippen LogP) is 2.88. The molecular formula is C11H8N4OS2. The maximum absolute atomic E-state index is 5.56. The maximum Gasteiger partial charge on any atom is 0.257 e. The lowest BCUT2D eigenvalue weighted by Crippen LogP contribution is -1.85. The summed E-state index contributed by atoms with van der Waals surface area (Å²) in [7, 11) is 0. The van der Waals surface area contributed by atoms with Crippen molar-refractivity contribution in [3.05, 3.63) is 41.9 Å². The van der Waals surface area contributed by atoms with E-state index in [1.54, 1.807) is 29.8 Å². The average molecular weight is 276 g/mol. The Morgan fingerprint density at radius 2 is 2.06 bits per heavy atom. The quantitative estimate of drug-likeness (QED) is 0.539. The normalized spacial score (nSPS) is 10.7. The Morgan fingerprint density at radius 3 is 2.83 bits per heavy atom. The molecule has 0 bridgehead atoms. The van der Waals surface area contributed by atoms with Crippen LogP contribution in [0.3, 0.4) is 0 Å².